The highest BCUT2D eigenvalue weighted by atomic mass is 16.3. The predicted octanol–water partition coefficient (Wildman–Crippen LogP) is 1.61. The highest BCUT2D eigenvalue weighted by Gasteiger charge is 2.36. The molecule has 0 aromatic heterocycles. The molecule has 0 saturated carbocycles. The second-order valence-corrected chi connectivity index (χ2v) is 4.70. The monoisotopic (exact) mass is 261 g/mol. The first kappa shape index (κ1) is 13.8. The van der Waals surface area contributed by atoms with Crippen molar-refractivity contribution in [2.24, 2.45) is 0 Å². The minimum absolute atomic E-state index is 0.208. The van der Waals surface area contributed by atoms with Gasteiger partial charge in [-0.05, 0) is 17.6 Å². The lowest BCUT2D eigenvalue weighted by Gasteiger charge is -2.31. The van der Waals surface area contributed by atoms with Crippen molar-refractivity contribution in [3.63, 3.8) is 0 Å². The highest BCUT2D eigenvalue weighted by molar-refractivity contribution is 5.92. The molecule has 1 heterocycles. The van der Waals surface area contributed by atoms with Crippen LogP contribution in [0, 0.1) is 0 Å². The summed E-state index contributed by atoms with van der Waals surface area (Å²) in [5.74, 6) is -0.237. The molecule has 0 aliphatic carbocycles. The zero-order chi connectivity index (χ0) is 13.8. The van der Waals surface area contributed by atoms with Crippen LogP contribution in [0.3, 0.4) is 0 Å². The average Bonchev–Trinajstić information content (AvgIpc) is 2.69. The maximum atomic E-state index is 12.0. The van der Waals surface area contributed by atoms with Crippen LogP contribution < -0.4 is 0 Å². The Hall–Kier alpha value is -1.65. The first-order valence-corrected chi connectivity index (χ1v) is 6.55. The molecule has 0 fully saturated rings. The molecule has 1 aromatic rings. The third kappa shape index (κ3) is 2.69. The van der Waals surface area contributed by atoms with Crippen LogP contribution in [0.15, 0.2) is 42.0 Å². The molecule has 2 N–H and O–H groups in total. The van der Waals surface area contributed by atoms with E-state index in [1.807, 2.05) is 37.3 Å². The van der Waals surface area contributed by atoms with E-state index in [9.17, 15) is 15.0 Å². The summed E-state index contributed by atoms with van der Waals surface area (Å²) in [6, 6.07) is 8.77. The number of aliphatic hydroxyl groups excluding tert-OH is 2. The zero-order valence-electron chi connectivity index (χ0n) is 11.0. The van der Waals surface area contributed by atoms with Gasteiger partial charge in [0.2, 0.25) is 5.91 Å². The number of hydrogen-bond acceptors (Lipinski definition) is 3. The Kier molecular flexibility index (Phi) is 4.35. The van der Waals surface area contributed by atoms with E-state index >= 15 is 0 Å². The summed E-state index contributed by atoms with van der Waals surface area (Å²) in [5.41, 5.74) is 1.55. The fraction of sp³-hybridized carbons (Fsp3) is 0.400. The average molecular weight is 261 g/mol. The maximum Gasteiger partial charge on any atom is 0.249 e. The van der Waals surface area contributed by atoms with E-state index in [-0.39, 0.29) is 12.5 Å². The second kappa shape index (κ2) is 5.99. The van der Waals surface area contributed by atoms with Gasteiger partial charge in [-0.2, -0.15) is 0 Å². The van der Waals surface area contributed by atoms with Crippen molar-refractivity contribution in [3.05, 3.63) is 47.5 Å². The van der Waals surface area contributed by atoms with Crippen LogP contribution >= 0.6 is 0 Å². The third-order valence-corrected chi connectivity index (χ3v) is 3.39. The number of carbonyl (C=O) groups is 1. The van der Waals surface area contributed by atoms with Crippen molar-refractivity contribution in [2.75, 3.05) is 6.61 Å². The Labute approximate surface area is 113 Å². The quantitative estimate of drug-likeness (QED) is 0.846. The fourth-order valence-electron chi connectivity index (χ4n) is 2.45. The van der Waals surface area contributed by atoms with E-state index in [2.05, 4.69) is 0 Å². The summed E-state index contributed by atoms with van der Waals surface area (Å²) in [5, 5.41) is 19.8. The third-order valence-electron chi connectivity index (χ3n) is 3.39. The van der Waals surface area contributed by atoms with Gasteiger partial charge in [0.15, 0.2) is 6.23 Å². The minimum Gasteiger partial charge on any atom is -0.394 e. The first-order valence-electron chi connectivity index (χ1n) is 6.55. The van der Waals surface area contributed by atoms with Gasteiger partial charge in [0, 0.05) is 6.08 Å². The molecule has 1 amide bonds. The molecule has 1 aliphatic rings. The Morgan fingerprint density at radius 3 is 2.58 bits per heavy atom. The maximum absolute atomic E-state index is 12.0. The van der Waals surface area contributed by atoms with Gasteiger partial charge in [0.25, 0.3) is 0 Å². The van der Waals surface area contributed by atoms with Crippen LogP contribution in [0.4, 0.5) is 0 Å². The Balaban J connectivity index is 2.24. The number of hydrogen-bond donors (Lipinski definition) is 2. The van der Waals surface area contributed by atoms with Gasteiger partial charge in [0.05, 0.1) is 12.6 Å². The van der Waals surface area contributed by atoms with E-state index in [1.54, 1.807) is 0 Å². The topological polar surface area (TPSA) is 60.8 Å². The predicted molar refractivity (Wildman–Crippen MR) is 72.1 cm³/mol. The van der Waals surface area contributed by atoms with E-state index in [4.69, 9.17) is 0 Å². The summed E-state index contributed by atoms with van der Waals surface area (Å²) < 4.78 is 0. The van der Waals surface area contributed by atoms with Gasteiger partial charge in [-0.25, -0.2) is 0 Å². The number of benzene rings is 1. The summed E-state index contributed by atoms with van der Waals surface area (Å²) in [6.45, 7) is 1.79. The number of rotatable bonds is 5. The Morgan fingerprint density at radius 2 is 2.00 bits per heavy atom. The van der Waals surface area contributed by atoms with Crippen molar-refractivity contribution in [3.8, 4) is 0 Å². The van der Waals surface area contributed by atoms with Crippen LogP contribution in [0.5, 0.6) is 0 Å². The molecule has 102 valence electrons. The molecule has 4 nitrogen and oxygen atoms in total. The molecule has 4 heteroatoms. The van der Waals surface area contributed by atoms with E-state index in [0.717, 1.165) is 17.6 Å². The first-order chi connectivity index (χ1) is 9.19. The molecule has 0 bridgehead atoms. The van der Waals surface area contributed by atoms with E-state index < -0.39 is 12.3 Å². The summed E-state index contributed by atoms with van der Waals surface area (Å²) in [4.78, 5) is 13.4. The molecular formula is C15H19NO3. The zero-order valence-corrected chi connectivity index (χ0v) is 11.0. The molecule has 0 radical (unpaired) electrons. The molecule has 2 atom stereocenters. The second-order valence-electron chi connectivity index (χ2n) is 4.70. The number of carbonyl (C=O) groups excluding carboxylic acids is 1. The molecule has 1 aliphatic heterocycles. The van der Waals surface area contributed by atoms with Crippen molar-refractivity contribution in [2.45, 2.75) is 32.0 Å². The van der Waals surface area contributed by atoms with E-state index in [1.165, 1.54) is 11.0 Å². The number of nitrogens with zero attached hydrogens (tertiary/aromatic N) is 1. The lowest BCUT2D eigenvalue weighted by molar-refractivity contribution is -0.136. The van der Waals surface area contributed by atoms with Crippen molar-refractivity contribution in [1.29, 1.82) is 0 Å². The van der Waals surface area contributed by atoms with Gasteiger partial charge < -0.3 is 15.1 Å². The van der Waals surface area contributed by atoms with Gasteiger partial charge in [0.1, 0.15) is 0 Å². The molecule has 1 aromatic carbocycles. The number of amides is 1. The lowest BCUT2D eigenvalue weighted by atomic mass is 10.1. The van der Waals surface area contributed by atoms with Crippen molar-refractivity contribution in [1.82, 2.24) is 4.90 Å². The van der Waals surface area contributed by atoms with Crippen LogP contribution in [0.2, 0.25) is 0 Å². The molecule has 19 heavy (non-hydrogen) atoms. The van der Waals surface area contributed by atoms with Crippen LogP contribution in [0.1, 0.15) is 31.4 Å². The largest absolute Gasteiger partial charge is 0.394 e. The highest BCUT2D eigenvalue weighted by Crippen LogP contribution is 2.30. The lowest BCUT2D eigenvalue weighted by Crippen LogP contribution is -2.40. The van der Waals surface area contributed by atoms with Crippen LogP contribution in [-0.2, 0) is 4.79 Å². The van der Waals surface area contributed by atoms with Crippen molar-refractivity contribution < 1.29 is 15.0 Å². The summed E-state index contributed by atoms with van der Waals surface area (Å²) >= 11 is 0. The number of aliphatic hydroxyl groups is 2. The Morgan fingerprint density at radius 1 is 1.32 bits per heavy atom. The molecule has 0 saturated heterocycles. The van der Waals surface area contributed by atoms with Crippen molar-refractivity contribution >= 4 is 5.91 Å². The fourth-order valence-corrected chi connectivity index (χ4v) is 2.45. The standard InChI is InChI=1S/C15H19NO3/c1-2-6-12-9-14(18)16(15(12)19)13(10-17)11-7-4-3-5-8-11/h3-5,7-9,13,15,17,19H,2,6,10H2,1H3. The van der Waals surface area contributed by atoms with E-state index in [0.29, 0.717) is 6.42 Å². The molecule has 2 rings (SSSR count). The van der Waals surface area contributed by atoms with Gasteiger partial charge in [-0.3, -0.25) is 4.79 Å². The smallest absolute Gasteiger partial charge is 0.249 e. The van der Waals surface area contributed by atoms with Gasteiger partial charge in [-0.1, -0.05) is 43.7 Å². The van der Waals surface area contributed by atoms with Gasteiger partial charge in [-0.15, -0.1) is 0 Å². The molecule has 0 spiro atoms. The summed E-state index contributed by atoms with van der Waals surface area (Å²) in [6.07, 6.45) is 2.12. The van der Waals surface area contributed by atoms with Crippen LogP contribution in [-0.4, -0.2) is 33.9 Å². The normalized spacial score (nSPS) is 20.6. The summed E-state index contributed by atoms with van der Waals surface area (Å²) in [7, 11) is 0. The molecule has 2 unspecified atom stereocenters. The SMILES string of the molecule is CCCC1=CC(=O)N(C(CO)c2ccccc2)C1O. The van der Waals surface area contributed by atoms with Crippen LogP contribution in [0.25, 0.3) is 0 Å². The minimum atomic E-state index is -0.926. The molecular weight excluding hydrogens is 242 g/mol. The Bertz CT molecular complexity index is 470. The van der Waals surface area contributed by atoms with Gasteiger partial charge >= 0.3 is 0 Å².